The smallest absolute Gasteiger partial charge is 0.276 e. The van der Waals surface area contributed by atoms with Crippen molar-refractivity contribution in [3.63, 3.8) is 0 Å². The first-order valence-corrected chi connectivity index (χ1v) is 7.99. The topological polar surface area (TPSA) is 32.3 Å². The van der Waals surface area contributed by atoms with Gasteiger partial charge < -0.3 is 5.32 Å². The highest BCUT2D eigenvalue weighted by Gasteiger charge is 2.36. The molecular formula is C14H16N2OS2. The fourth-order valence-electron chi connectivity index (χ4n) is 2.74. The maximum Gasteiger partial charge on any atom is 0.276 e. The van der Waals surface area contributed by atoms with Crippen molar-refractivity contribution in [2.24, 2.45) is 0 Å². The molecule has 0 bridgehead atoms. The average Bonchev–Trinajstić information content (AvgIpc) is 3.01. The minimum absolute atomic E-state index is 0.0306. The SMILES string of the molecule is O=C1/C(=C\c2ccsc2)NC(=S)N1C1CCCCC1. The predicted molar refractivity (Wildman–Crippen MR) is 81.7 cm³/mol. The first kappa shape index (κ1) is 12.8. The average molecular weight is 292 g/mol. The first-order valence-electron chi connectivity index (χ1n) is 6.64. The Balaban J connectivity index is 1.80. The number of carbonyl (C=O) groups excluding carboxylic acids is 1. The van der Waals surface area contributed by atoms with E-state index < -0.39 is 0 Å². The molecule has 3 nitrogen and oxygen atoms in total. The highest BCUT2D eigenvalue weighted by atomic mass is 32.1. The minimum Gasteiger partial charge on any atom is -0.328 e. The van der Waals surface area contributed by atoms with Crippen LogP contribution in [0.5, 0.6) is 0 Å². The van der Waals surface area contributed by atoms with Crippen LogP contribution in [0.15, 0.2) is 22.5 Å². The Labute approximate surface area is 122 Å². The summed E-state index contributed by atoms with van der Waals surface area (Å²) in [5, 5.41) is 7.66. The molecule has 1 amide bonds. The Hall–Kier alpha value is -1.20. The van der Waals surface area contributed by atoms with E-state index in [1.165, 1.54) is 19.3 Å². The van der Waals surface area contributed by atoms with E-state index in [0.29, 0.717) is 10.8 Å². The van der Waals surface area contributed by atoms with Crippen LogP contribution in [0.4, 0.5) is 0 Å². The quantitative estimate of drug-likeness (QED) is 0.671. The second-order valence-electron chi connectivity index (χ2n) is 5.01. The Bertz CT molecular complexity index is 516. The number of nitrogens with zero attached hydrogens (tertiary/aromatic N) is 1. The summed E-state index contributed by atoms with van der Waals surface area (Å²) in [5.74, 6) is 0.0306. The number of rotatable bonds is 2. The molecule has 100 valence electrons. The van der Waals surface area contributed by atoms with Gasteiger partial charge in [0, 0.05) is 6.04 Å². The maximum absolute atomic E-state index is 12.5. The van der Waals surface area contributed by atoms with Crippen molar-refractivity contribution >= 4 is 40.7 Å². The van der Waals surface area contributed by atoms with Crippen LogP contribution in [0.25, 0.3) is 6.08 Å². The van der Waals surface area contributed by atoms with Crippen LogP contribution in [0.1, 0.15) is 37.7 Å². The molecule has 0 radical (unpaired) electrons. The van der Waals surface area contributed by atoms with Gasteiger partial charge in [0.2, 0.25) is 0 Å². The zero-order valence-corrected chi connectivity index (χ0v) is 12.2. The maximum atomic E-state index is 12.5. The van der Waals surface area contributed by atoms with Gasteiger partial charge in [-0.05, 0) is 53.5 Å². The molecule has 1 aliphatic carbocycles. The summed E-state index contributed by atoms with van der Waals surface area (Å²) in [4.78, 5) is 14.2. The lowest BCUT2D eigenvalue weighted by molar-refractivity contribution is -0.124. The summed E-state index contributed by atoms with van der Waals surface area (Å²) in [6, 6.07) is 2.29. The minimum atomic E-state index is 0.0306. The van der Waals surface area contributed by atoms with Crippen molar-refractivity contribution in [3.05, 3.63) is 28.1 Å². The van der Waals surface area contributed by atoms with Gasteiger partial charge >= 0.3 is 0 Å². The number of thiophene rings is 1. The van der Waals surface area contributed by atoms with Gasteiger partial charge in [0.05, 0.1) is 0 Å². The Kier molecular flexibility index (Phi) is 3.66. The van der Waals surface area contributed by atoms with Gasteiger partial charge in [-0.1, -0.05) is 19.3 Å². The van der Waals surface area contributed by atoms with E-state index in [9.17, 15) is 4.79 Å². The van der Waals surface area contributed by atoms with Gasteiger partial charge in [-0.15, -0.1) is 0 Å². The second-order valence-corrected chi connectivity index (χ2v) is 6.18. The van der Waals surface area contributed by atoms with E-state index in [1.807, 2.05) is 22.9 Å². The molecule has 1 aromatic rings. The summed E-state index contributed by atoms with van der Waals surface area (Å²) < 4.78 is 0. The molecule has 19 heavy (non-hydrogen) atoms. The molecule has 0 atom stereocenters. The van der Waals surface area contributed by atoms with Crippen LogP contribution in [-0.2, 0) is 4.79 Å². The van der Waals surface area contributed by atoms with Gasteiger partial charge in [-0.25, -0.2) is 0 Å². The normalized spacial score (nSPS) is 23.2. The third-order valence-electron chi connectivity index (χ3n) is 3.70. The zero-order valence-electron chi connectivity index (χ0n) is 10.6. The van der Waals surface area contributed by atoms with E-state index >= 15 is 0 Å². The van der Waals surface area contributed by atoms with Crippen molar-refractivity contribution in [3.8, 4) is 0 Å². The number of hydrogen-bond donors (Lipinski definition) is 1. The lowest BCUT2D eigenvalue weighted by Gasteiger charge is -2.29. The van der Waals surface area contributed by atoms with Crippen molar-refractivity contribution in [2.45, 2.75) is 38.1 Å². The van der Waals surface area contributed by atoms with Crippen LogP contribution in [-0.4, -0.2) is 22.0 Å². The van der Waals surface area contributed by atoms with Crippen molar-refractivity contribution in [1.29, 1.82) is 0 Å². The highest BCUT2D eigenvalue weighted by molar-refractivity contribution is 7.80. The van der Waals surface area contributed by atoms with Crippen molar-refractivity contribution in [2.75, 3.05) is 0 Å². The summed E-state index contributed by atoms with van der Waals surface area (Å²) in [6.07, 6.45) is 7.68. The van der Waals surface area contributed by atoms with Gasteiger partial charge in [0.1, 0.15) is 5.70 Å². The van der Waals surface area contributed by atoms with Crippen LogP contribution in [0.3, 0.4) is 0 Å². The Morgan fingerprint density at radius 1 is 1.37 bits per heavy atom. The molecule has 2 fully saturated rings. The molecule has 1 aromatic heterocycles. The Morgan fingerprint density at radius 3 is 2.84 bits per heavy atom. The van der Waals surface area contributed by atoms with Gasteiger partial charge in [0.15, 0.2) is 5.11 Å². The number of hydrogen-bond acceptors (Lipinski definition) is 3. The molecular weight excluding hydrogens is 276 g/mol. The van der Waals surface area contributed by atoms with E-state index in [-0.39, 0.29) is 11.9 Å². The van der Waals surface area contributed by atoms with Crippen molar-refractivity contribution < 1.29 is 4.79 Å². The van der Waals surface area contributed by atoms with Gasteiger partial charge in [-0.2, -0.15) is 11.3 Å². The first-order chi connectivity index (χ1) is 9.25. The number of carbonyl (C=O) groups is 1. The van der Waals surface area contributed by atoms with Crippen LogP contribution < -0.4 is 5.32 Å². The van der Waals surface area contributed by atoms with E-state index in [2.05, 4.69) is 5.32 Å². The number of thiocarbonyl (C=S) groups is 1. The Morgan fingerprint density at radius 2 is 2.16 bits per heavy atom. The second kappa shape index (κ2) is 5.43. The third kappa shape index (κ3) is 2.58. The number of amides is 1. The van der Waals surface area contributed by atoms with Gasteiger partial charge in [0.25, 0.3) is 5.91 Å². The molecule has 1 saturated carbocycles. The van der Waals surface area contributed by atoms with Gasteiger partial charge in [-0.3, -0.25) is 9.69 Å². The highest BCUT2D eigenvalue weighted by Crippen LogP contribution is 2.27. The zero-order chi connectivity index (χ0) is 13.2. The molecule has 0 unspecified atom stereocenters. The summed E-state index contributed by atoms with van der Waals surface area (Å²) in [7, 11) is 0. The third-order valence-corrected chi connectivity index (χ3v) is 4.70. The summed E-state index contributed by atoms with van der Waals surface area (Å²) >= 11 is 6.95. The lowest BCUT2D eigenvalue weighted by Crippen LogP contribution is -2.41. The molecule has 0 spiro atoms. The largest absolute Gasteiger partial charge is 0.328 e. The van der Waals surface area contributed by atoms with Crippen LogP contribution >= 0.6 is 23.6 Å². The van der Waals surface area contributed by atoms with E-state index in [0.717, 1.165) is 18.4 Å². The molecule has 1 aliphatic heterocycles. The fraction of sp³-hybridized carbons (Fsp3) is 0.429. The predicted octanol–water partition coefficient (Wildman–Crippen LogP) is 3.14. The summed E-state index contributed by atoms with van der Waals surface area (Å²) in [6.45, 7) is 0. The lowest BCUT2D eigenvalue weighted by atomic mass is 9.94. The molecule has 1 saturated heterocycles. The molecule has 2 heterocycles. The van der Waals surface area contributed by atoms with Crippen LogP contribution in [0, 0.1) is 0 Å². The van der Waals surface area contributed by atoms with Crippen molar-refractivity contribution in [1.82, 2.24) is 10.2 Å². The molecule has 0 aromatic carbocycles. The fourth-order valence-corrected chi connectivity index (χ4v) is 3.70. The van der Waals surface area contributed by atoms with E-state index in [1.54, 1.807) is 16.2 Å². The molecule has 3 rings (SSSR count). The molecule has 1 N–H and O–H groups in total. The summed E-state index contributed by atoms with van der Waals surface area (Å²) in [5.41, 5.74) is 1.66. The molecule has 2 aliphatic rings. The van der Waals surface area contributed by atoms with Crippen LogP contribution in [0.2, 0.25) is 0 Å². The standard InChI is InChI=1S/C14H16N2OS2/c17-13-12(8-10-6-7-19-9-10)15-14(18)16(13)11-4-2-1-3-5-11/h6-9,11H,1-5H2,(H,15,18)/b12-8+. The molecule has 5 heteroatoms. The number of nitrogens with one attached hydrogen (secondary N) is 1. The monoisotopic (exact) mass is 292 g/mol. The van der Waals surface area contributed by atoms with E-state index in [4.69, 9.17) is 12.2 Å².